The number of halogens is 1. The molecular weight excluding hydrogens is 278 g/mol. The molecule has 0 radical (unpaired) electrons. The maximum Gasteiger partial charge on any atom is 0.0754 e. The molecule has 0 aliphatic rings. The van der Waals surface area contributed by atoms with Gasteiger partial charge in [0, 0.05) is 14.2 Å². The second kappa shape index (κ2) is 4.14. The molecule has 2 aromatic rings. The van der Waals surface area contributed by atoms with Crippen molar-refractivity contribution in [3.63, 3.8) is 0 Å². The lowest BCUT2D eigenvalue weighted by molar-refractivity contribution is 0.903. The van der Waals surface area contributed by atoms with Crippen molar-refractivity contribution in [3.05, 3.63) is 42.7 Å². The van der Waals surface area contributed by atoms with Gasteiger partial charge in [0.05, 0.1) is 6.04 Å². The number of rotatable bonds is 2. The van der Waals surface area contributed by atoms with Gasteiger partial charge in [0.2, 0.25) is 0 Å². The topological polar surface area (TPSA) is 26.0 Å². The Balaban J connectivity index is 2.38. The summed E-state index contributed by atoms with van der Waals surface area (Å²) in [5.41, 5.74) is 7.48. The Morgan fingerprint density at radius 2 is 1.86 bits per heavy atom. The summed E-state index contributed by atoms with van der Waals surface area (Å²) in [6.07, 6.45) is 0. The van der Waals surface area contributed by atoms with E-state index in [2.05, 4.69) is 39.7 Å². The van der Waals surface area contributed by atoms with Gasteiger partial charge in [-0.3, -0.25) is 0 Å². The van der Waals surface area contributed by atoms with Crippen molar-refractivity contribution in [1.29, 1.82) is 0 Å². The standard InChI is InChI=1S/C10H10BrNS2/c1-6-2-4-13-9(6)8(12)10-7(11)3-5-14-10/h2-5,8H,12H2,1H3. The number of aryl methyl sites for hydroxylation is 1. The van der Waals surface area contributed by atoms with Crippen molar-refractivity contribution >= 4 is 38.6 Å². The molecule has 4 heteroatoms. The maximum absolute atomic E-state index is 6.20. The third-order valence-corrected chi connectivity index (χ3v) is 5.17. The average molecular weight is 288 g/mol. The minimum atomic E-state index is 0.0179. The first-order valence-electron chi connectivity index (χ1n) is 4.22. The molecule has 0 spiro atoms. The lowest BCUT2D eigenvalue weighted by Gasteiger charge is -2.09. The molecule has 0 amide bonds. The van der Waals surface area contributed by atoms with Crippen LogP contribution in [0.3, 0.4) is 0 Å². The third kappa shape index (κ3) is 1.80. The van der Waals surface area contributed by atoms with Gasteiger partial charge in [0.25, 0.3) is 0 Å². The Morgan fingerprint density at radius 1 is 1.21 bits per heavy atom. The highest BCUT2D eigenvalue weighted by Gasteiger charge is 2.16. The predicted octanol–water partition coefficient (Wildman–Crippen LogP) is 3.93. The molecule has 2 rings (SSSR count). The van der Waals surface area contributed by atoms with E-state index < -0.39 is 0 Å². The van der Waals surface area contributed by atoms with Crippen LogP contribution in [0.5, 0.6) is 0 Å². The predicted molar refractivity (Wildman–Crippen MR) is 67.1 cm³/mol. The fraction of sp³-hybridized carbons (Fsp3) is 0.200. The van der Waals surface area contributed by atoms with Crippen LogP contribution >= 0.6 is 38.6 Å². The van der Waals surface area contributed by atoms with Crippen molar-refractivity contribution in [1.82, 2.24) is 0 Å². The van der Waals surface area contributed by atoms with E-state index in [0.717, 1.165) is 4.47 Å². The molecule has 0 aromatic carbocycles. The summed E-state index contributed by atoms with van der Waals surface area (Å²) in [7, 11) is 0. The molecular formula is C10H10BrNS2. The second-order valence-electron chi connectivity index (χ2n) is 3.08. The van der Waals surface area contributed by atoms with E-state index in [1.807, 2.05) is 6.07 Å². The Hall–Kier alpha value is -0.160. The van der Waals surface area contributed by atoms with Gasteiger partial charge in [-0.1, -0.05) is 0 Å². The largest absolute Gasteiger partial charge is 0.319 e. The van der Waals surface area contributed by atoms with Crippen LogP contribution in [-0.4, -0.2) is 0 Å². The first-order valence-corrected chi connectivity index (χ1v) is 6.78. The molecule has 0 aliphatic heterocycles. The fourth-order valence-corrected chi connectivity index (χ4v) is 3.99. The van der Waals surface area contributed by atoms with Crippen molar-refractivity contribution < 1.29 is 0 Å². The summed E-state index contributed by atoms with van der Waals surface area (Å²) in [6.45, 7) is 2.10. The van der Waals surface area contributed by atoms with Gasteiger partial charge in [-0.15, -0.1) is 22.7 Å². The summed E-state index contributed by atoms with van der Waals surface area (Å²) in [6, 6.07) is 4.17. The van der Waals surface area contributed by atoms with Crippen LogP contribution in [0.1, 0.15) is 21.4 Å². The van der Waals surface area contributed by atoms with E-state index in [1.165, 1.54) is 15.3 Å². The van der Waals surface area contributed by atoms with Crippen LogP contribution in [-0.2, 0) is 0 Å². The van der Waals surface area contributed by atoms with Crippen LogP contribution < -0.4 is 5.73 Å². The molecule has 2 N–H and O–H groups in total. The Morgan fingerprint density at radius 3 is 2.36 bits per heavy atom. The number of hydrogen-bond acceptors (Lipinski definition) is 3. The van der Waals surface area contributed by atoms with E-state index in [0.29, 0.717) is 0 Å². The SMILES string of the molecule is Cc1ccsc1C(N)c1sccc1Br. The van der Waals surface area contributed by atoms with Gasteiger partial charge < -0.3 is 5.73 Å². The maximum atomic E-state index is 6.20. The zero-order valence-electron chi connectivity index (χ0n) is 7.66. The third-order valence-electron chi connectivity index (χ3n) is 2.11. The molecule has 1 nitrogen and oxygen atoms in total. The molecule has 0 fully saturated rings. The molecule has 1 atom stereocenters. The summed E-state index contributed by atoms with van der Waals surface area (Å²) >= 11 is 6.94. The monoisotopic (exact) mass is 287 g/mol. The molecule has 2 heterocycles. The average Bonchev–Trinajstić information content (AvgIpc) is 2.73. The Bertz CT molecular complexity index is 393. The molecule has 1 unspecified atom stereocenters. The van der Waals surface area contributed by atoms with Crippen molar-refractivity contribution in [2.45, 2.75) is 13.0 Å². The molecule has 0 saturated heterocycles. The summed E-state index contributed by atoms with van der Waals surface area (Å²) in [5, 5.41) is 4.15. The van der Waals surface area contributed by atoms with Gasteiger partial charge in [-0.05, 0) is 51.3 Å². The highest BCUT2D eigenvalue weighted by Crippen LogP contribution is 2.34. The Labute approximate surface area is 99.7 Å². The first-order chi connectivity index (χ1) is 6.70. The van der Waals surface area contributed by atoms with E-state index in [4.69, 9.17) is 5.73 Å². The van der Waals surface area contributed by atoms with E-state index in [9.17, 15) is 0 Å². The Kier molecular flexibility index (Phi) is 3.07. The normalized spacial score (nSPS) is 13.1. The zero-order chi connectivity index (χ0) is 10.1. The van der Waals surface area contributed by atoms with Crippen LogP contribution in [0.4, 0.5) is 0 Å². The van der Waals surface area contributed by atoms with E-state index >= 15 is 0 Å². The molecule has 0 saturated carbocycles. The lowest BCUT2D eigenvalue weighted by Crippen LogP contribution is -2.09. The van der Waals surface area contributed by atoms with Crippen LogP contribution in [0.2, 0.25) is 0 Å². The summed E-state index contributed by atoms with van der Waals surface area (Å²) in [4.78, 5) is 2.46. The molecule has 74 valence electrons. The fourth-order valence-electron chi connectivity index (χ4n) is 1.35. The number of hydrogen-bond donors (Lipinski definition) is 1. The molecule has 0 bridgehead atoms. The van der Waals surface area contributed by atoms with Gasteiger partial charge >= 0.3 is 0 Å². The van der Waals surface area contributed by atoms with Crippen molar-refractivity contribution in [3.8, 4) is 0 Å². The number of thiophene rings is 2. The van der Waals surface area contributed by atoms with Crippen LogP contribution in [0.15, 0.2) is 27.4 Å². The first kappa shape index (κ1) is 10.4. The highest BCUT2D eigenvalue weighted by molar-refractivity contribution is 9.10. The molecule has 14 heavy (non-hydrogen) atoms. The number of nitrogens with two attached hydrogens (primary N) is 1. The van der Waals surface area contributed by atoms with Gasteiger partial charge in [0.15, 0.2) is 0 Å². The van der Waals surface area contributed by atoms with Gasteiger partial charge in [-0.2, -0.15) is 0 Å². The minimum absolute atomic E-state index is 0.0179. The molecule has 2 aromatic heterocycles. The van der Waals surface area contributed by atoms with E-state index in [-0.39, 0.29) is 6.04 Å². The lowest BCUT2D eigenvalue weighted by atomic mass is 10.1. The zero-order valence-corrected chi connectivity index (χ0v) is 10.9. The van der Waals surface area contributed by atoms with Gasteiger partial charge in [0.1, 0.15) is 0 Å². The van der Waals surface area contributed by atoms with E-state index in [1.54, 1.807) is 22.7 Å². The minimum Gasteiger partial charge on any atom is -0.319 e. The second-order valence-corrected chi connectivity index (χ2v) is 5.83. The van der Waals surface area contributed by atoms with Crippen molar-refractivity contribution in [2.24, 2.45) is 5.73 Å². The summed E-state index contributed by atoms with van der Waals surface area (Å²) in [5.74, 6) is 0. The summed E-state index contributed by atoms with van der Waals surface area (Å²) < 4.78 is 1.11. The highest BCUT2D eigenvalue weighted by atomic mass is 79.9. The quantitative estimate of drug-likeness (QED) is 0.890. The van der Waals surface area contributed by atoms with Crippen LogP contribution in [0.25, 0.3) is 0 Å². The van der Waals surface area contributed by atoms with Gasteiger partial charge in [-0.25, -0.2) is 0 Å². The van der Waals surface area contributed by atoms with Crippen LogP contribution in [0, 0.1) is 6.92 Å². The molecule has 0 aliphatic carbocycles. The smallest absolute Gasteiger partial charge is 0.0754 e. The van der Waals surface area contributed by atoms with Crippen molar-refractivity contribution in [2.75, 3.05) is 0 Å².